The Morgan fingerprint density at radius 3 is 2.10 bits per heavy atom. The van der Waals surface area contributed by atoms with E-state index >= 15 is 0 Å². The van der Waals surface area contributed by atoms with Crippen LogP contribution in [-0.2, 0) is 25.4 Å². The standard InChI is InChI=1S/C44H49NO6Si/c1-5-30(25-33-22-23-34(27-46)51-33)21-24-39-40-31(26-37-41(38(40)29-49-39)43(48)45(42(37)47)32-15-9-6-10-16-32)28-50-52(44(2,3)4,35-17-11-7-12-18-35)36-19-13-8-14-20-36/h6-20,22-23,25,37-39,41,46H,5,21,24,26-29H2,1-4H3/b30-25+/t37-,38+,39-,41-/m1/s1. The van der Waals surface area contributed by atoms with E-state index in [0.29, 0.717) is 31.1 Å². The summed E-state index contributed by atoms with van der Waals surface area (Å²) >= 11 is 0. The molecular weight excluding hydrogens is 667 g/mol. The van der Waals surface area contributed by atoms with Crippen LogP contribution < -0.4 is 15.3 Å². The number of benzene rings is 3. The number of ether oxygens (including phenoxy) is 1. The SMILES string of the molecule is CC/C(=C\c1ccc(CO)o1)CC[C@H]1OC[C@H]2C1=C(CO[Si](c1ccccc1)(c1ccccc1)C(C)(C)C)C[C@H]1C(=O)N(c3ccccc3)C(=O)[C@H]12. The Balaban J connectivity index is 1.27. The van der Waals surface area contributed by atoms with Gasteiger partial charge in [-0.15, -0.1) is 0 Å². The quantitative estimate of drug-likeness (QED) is 0.0932. The number of nitrogens with zero attached hydrogens (tertiary/aromatic N) is 1. The van der Waals surface area contributed by atoms with Crippen LogP contribution in [0.25, 0.3) is 6.08 Å². The minimum atomic E-state index is -2.89. The topological polar surface area (TPSA) is 89.2 Å². The van der Waals surface area contributed by atoms with E-state index in [1.165, 1.54) is 20.8 Å². The van der Waals surface area contributed by atoms with Gasteiger partial charge in [-0.3, -0.25) is 14.5 Å². The highest BCUT2D eigenvalue weighted by Gasteiger charge is 2.58. The number of amides is 2. The van der Waals surface area contributed by atoms with Crippen molar-refractivity contribution in [2.24, 2.45) is 17.8 Å². The average Bonchev–Trinajstić information content (AvgIpc) is 3.87. The molecule has 0 saturated carbocycles. The number of carbonyl (C=O) groups excluding carboxylic acids is 2. The molecule has 0 bridgehead atoms. The fraction of sp³-hybridized carbons (Fsp3) is 0.364. The predicted molar refractivity (Wildman–Crippen MR) is 206 cm³/mol. The number of hydrogen-bond donors (Lipinski definition) is 1. The first-order valence-corrected chi connectivity index (χ1v) is 20.5. The first kappa shape index (κ1) is 36.0. The molecule has 2 fully saturated rings. The van der Waals surface area contributed by atoms with Crippen LogP contribution >= 0.6 is 0 Å². The van der Waals surface area contributed by atoms with E-state index in [4.69, 9.17) is 13.6 Å². The number of hydrogen-bond acceptors (Lipinski definition) is 6. The molecule has 7 rings (SSSR count). The molecule has 2 saturated heterocycles. The van der Waals surface area contributed by atoms with Crippen molar-refractivity contribution in [2.75, 3.05) is 18.1 Å². The summed E-state index contributed by atoms with van der Waals surface area (Å²) < 4.78 is 19.9. The zero-order chi connectivity index (χ0) is 36.5. The second-order valence-corrected chi connectivity index (χ2v) is 19.6. The van der Waals surface area contributed by atoms with Gasteiger partial charge in [-0.05, 0) is 82.6 Å². The Hall–Kier alpha value is -4.34. The number of rotatable bonds is 12. The third kappa shape index (κ3) is 6.58. The molecule has 4 atom stereocenters. The van der Waals surface area contributed by atoms with Crippen molar-refractivity contribution in [1.29, 1.82) is 0 Å². The fourth-order valence-corrected chi connectivity index (χ4v) is 13.4. The Labute approximate surface area is 308 Å². The second kappa shape index (κ2) is 15.0. The highest BCUT2D eigenvalue weighted by atomic mass is 28.4. The summed E-state index contributed by atoms with van der Waals surface area (Å²) in [6, 6.07) is 34.2. The number of para-hydroxylation sites is 1. The second-order valence-electron chi connectivity index (χ2n) is 15.3. The minimum absolute atomic E-state index is 0.133. The lowest BCUT2D eigenvalue weighted by Gasteiger charge is -2.44. The predicted octanol–water partition coefficient (Wildman–Crippen LogP) is 7.44. The van der Waals surface area contributed by atoms with Crippen molar-refractivity contribution in [3.05, 3.63) is 131 Å². The third-order valence-electron chi connectivity index (χ3n) is 11.3. The summed E-state index contributed by atoms with van der Waals surface area (Å²) in [5, 5.41) is 11.7. The summed E-state index contributed by atoms with van der Waals surface area (Å²) in [6.07, 6.45) is 4.70. The lowest BCUT2D eigenvalue weighted by atomic mass is 9.69. The lowest BCUT2D eigenvalue weighted by molar-refractivity contribution is -0.122. The zero-order valence-corrected chi connectivity index (χ0v) is 31.6. The van der Waals surface area contributed by atoms with Crippen molar-refractivity contribution in [3.63, 3.8) is 0 Å². The molecule has 8 heteroatoms. The number of fused-ring (bicyclic) bond motifs is 3. The molecule has 3 aliphatic rings. The first-order chi connectivity index (χ1) is 25.2. The van der Waals surface area contributed by atoms with Crippen molar-refractivity contribution in [1.82, 2.24) is 0 Å². The van der Waals surface area contributed by atoms with Crippen LogP contribution in [-0.4, -0.2) is 44.6 Å². The summed E-state index contributed by atoms with van der Waals surface area (Å²) in [5.74, 6) is -0.136. The van der Waals surface area contributed by atoms with Crippen molar-refractivity contribution < 1.29 is 28.3 Å². The summed E-state index contributed by atoms with van der Waals surface area (Å²) in [4.78, 5) is 29.8. The van der Waals surface area contributed by atoms with Gasteiger partial charge in [0.2, 0.25) is 11.8 Å². The molecule has 0 spiro atoms. The molecular formula is C44H49NO6Si. The molecule has 4 aromatic rings. The molecule has 1 aromatic heterocycles. The fourth-order valence-electron chi connectivity index (χ4n) is 8.82. The summed E-state index contributed by atoms with van der Waals surface area (Å²) in [6.45, 7) is 9.58. The number of imide groups is 1. The van der Waals surface area contributed by atoms with E-state index < -0.39 is 20.2 Å². The van der Waals surface area contributed by atoms with Crippen LogP contribution in [0, 0.1) is 17.8 Å². The van der Waals surface area contributed by atoms with Gasteiger partial charge < -0.3 is 18.7 Å². The van der Waals surface area contributed by atoms with Crippen molar-refractivity contribution in [2.45, 2.75) is 71.1 Å². The van der Waals surface area contributed by atoms with Gasteiger partial charge in [-0.25, -0.2) is 0 Å². The highest BCUT2D eigenvalue weighted by Crippen LogP contribution is 2.51. The number of carbonyl (C=O) groups is 2. The van der Waals surface area contributed by atoms with Gasteiger partial charge in [-0.2, -0.15) is 0 Å². The zero-order valence-electron chi connectivity index (χ0n) is 30.6. The molecule has 7 nitrogen and oxygen atoms in total. The normalized spacial score (nSPS) is 22.2. The molecule has 2 aliphatic heterocycles. The van der Waals surface area contributed by atoms with E-state index in [1.807, 2.05) is 48.5 Å². The minimum Gasteiger partial charge on any atom is -0.459 e. The molecule has 0 radical (unpaired) electrons. The molecule has 1 aliphatic carbocycles. The number of allylic oxidation sites excluding steroid dienone is 1. The Bertz CT molecular complexity index is 1900. The maximum atomic E-state index is 14.2. The van der Waals surface area contributed by atoms with Crippen molar-refractivity contribution >= 4 is 42.3 Å². The molecule has 0 unspecified atom stereocenters. The lowest BCUT2D eigenvalue weighted by Crippen LogP contribution is -2.66. The van der Waals surface area contributed by atoms with Gasteiger partial charge in [0.25, 0.3) is 8.32 Å². The van der Waals surface area contributed by atoms with E-state index in [0.717, 1.165) is 36.2 Å². The maximum absolute atomic E-state index is 14.2. The first-order valence-electron chi connectivity index (χ1n) is 18.6. The Morgan fingerprint density at radius 1 is 0.885 bits per heavy atom. The van der Waals surface area contributed by atoms with Gasteiger partial charge in [0, 0.05) is 5.92 Å². The Morgan fingerprint density at radius 2 is 1.52 bits per heavy atom. The van der Waals surface area contributed by atoms with Crippen LogP contribution in [0.4, 0.5) is 5.69 Å². The van der Waals surface area contributed by atoms with Crippen LogP contribution in [0.2, 0.25) is 5.04 Å². The maximum Gasteiger partial charge on any atom is 0.261 e. The van der Waals surface area contributed by atoms with Crippen LogP contribution in [0.15, 0.2) is 124 Å². The largest absolute Gasteiger partial charge is 0.459 e. The average molecular weight is 716 g/mol. The summed E-state index contributed by atoms with van der Waals surface area (Å²) in [7, 11) is -2.89. The molecule has 2 amide bonds. The number of aliphatic hydroxyl groups is 1. The van der Waals surface area contributed by atoms with Gasteiger partial charge >= 0.3 is 0 Å². The van der Waals surface area contributed by atoms with Gasteiger partial charge in [0.15, 0.2) is 0 Å². The van der Waals surface area contributed by atoms with Crippen LogP contribution in [0.3, 0.4) is 0 Å². The van der Waals surface area contributed by atoms with E-state index in [-0.39, 0.29) is 35.5 Å². The van der Waals surface area contributed by atoms with Crippen molar-refractivity contribution in [3.8, 4) is 0 Å². The summed E-state index contributed by atoms with van der Waals surface area (Å²) in [5.41, 5.74) is 4.08. The van der Waals surface area contributed by atoms with Gasteiger partial charge in [0.1, 0.15) is 18.1 Å². The van der Waals surface area contributed by atoms with E-state index in [9.17, 15) is 14.7 Å². The molecule has 1 N–H and O–H groups in total. The van der Waals surface area contributed by atoms with E-state index in [2.05, 4.69) is 82.3 Å². The van der Waals surface area contributed by atoms with Gasteiger partial charge in [-0.1, -0.05) is 112 Å². The number of anilines is 1. The molecule has 270 valence electrons. The monoisotopic (exact) mass is 715 g/mol. The van der Waals surface area contributed by atoms with Gasteiger partial charge in [0.05, 0.1) is 36.8 Å². The number of aliphatic hydroxyl groups excluding tert-OH is 1. The molecule has 3 aromatic carbocycles. The third-order valence-corrected chi connectivity index (χ3v) is 16.3. The van der Waals surface area contributed by atoms with Crippen LogP contribution in [0.5, 0.6) is 0 Å². The molecule has 52 heavy (non-hydrogen) atoms. The Kier molecular flexibility index (Phi) is 10.4. The van der Waals surface area contributed by atoms with E-state index in [1.54, 1.807) is 6.07 Å². The smallest absolute Gasteiger partial charge is 0.261 e. The molecule has 3 heterocycles. The van der Waals surface area contributed by atoms with Crippen LogP contribution in [0.1, 0.15) is 64.9 Å². The highest BCUT2D eigenvalue weighted by molar-refractivity contribution is 6.99. The number of furan rings is 1.